The maximum Gasteiger partial charge on any atom is 0.234 e. The highest BCUT2D eigenvalue weighted by Crippen LogP contribution is 2.34. The maximum absolute atomic E-state index is 12.4. The summed E-state index contributed by atoms with van der Waals surface area (Å²) in [7, 11) is 1.62. The highest BCUT2D eigenvalue weighted by molar-refractivity contribution is 7.99. The Balaban J connectivity index is 1.40. The molecule has 2 N–H and O–H groups in total. The molecule has 0 saturated carbocycles. The molecule has 1 aliphatic rings. The molecular weight excluding hydrogens is 406 g/mol. The predicted octanol–water partition coefficient (Wildman–Crippen LogP) is 2.89. The fourth-order valence-corrected chi connectivity index (χ4v) is 3.81. The van der Waals surface area contributed by atoms with Crippen LogP contribution in [-0.4, -0.2) is 40.2 Å². The first-order valence-electron chi connectivity index (χ1n) is 9.27. The summed E-state index contributed by atoms with van der Waals surface area (Å²) in [5.74, 6) is 2.08. The van der Waals surface area contributed by atoms with Crippen molar-refractivity contribution in [3.63, 3.8) is 0 Å². The van der Waals surface area contributed by atoms with Gasteiger partial charge in [0.05, 0.1) is 31.4 Å². The summed E-state index contributed by atoms with van der Waals surface area (Å²) in [6.45, 7) is 0.589. The number of fused-ring (bicyclic) bond motifs is 1. The van der Waals surface area contributed by atoms with E-state index in [1.54, 1.807) is 31.5 Å². The van der Waals surface area contributed by atoms with E-state index in [0.717, 1.165) is 11.3 Å². The first-order chi connectivity index (χ1) is 14.7. The molecule has 4 rings (SSSR count). The van der Waals surface area contributed by atoms with Crippen molar-refractivity contribution in [1.82, 2.24) is 9.55 Å². The predicted molar refractivity (Wildman–Crippen MR) is 112 cm³/mol. The Kier molecular flexibility index (Phi) is 6.10. The number of methoxy groups -OCH3 is 1. The number of aliphatic hydroxyl groups is 1. The highest BCUT2D eigenvalue weighted by atomic mass is 32.2. The Morgan fingerprint density at radius 3 is 2.80 bits per heavy atom. The standard InChI is InChI=1S/C21H21N3O5S/c1-27-17-5-2-14(3-6-17)10-24-16(11-25)9-22-21(24)30-12-20(26)23-15-4-7-18-19(8-15)29-13-28-18/h2-9,25H,10-13H2,1H3,(H,23,26). The monoisotopic (exact) mass is 427 g/mol. The van der Waals surface area contributed by atoms with Crippen LogP contribution in [0.25, 0.3) is 0 Å². The molecule has 0 spiro atoms. The van der Waals surface area contributed by atoms with Crippen LogP contribution in [0, 0.1) is 0 Å². The van der Waals surface area contributed by atoms with Crippen molar-refractivity contribution in [2.75, 3.05) is 25.0 Å². The van der Waals surface area contributed by atoms with Gasteiger partial charge < -0.3 is 29.2 Å². The van der Waals surface area contributed by atoms with Gasteiger partial charge in [-0.25, -0.2) is 4.98 Å². The Bertz CT molecular complexity index is 1040. The van der Waals surface area contributed by atoms with E-state index >= 15 is 0 Å². The van der Waals surface area contributed by atoms with Gasteiger partial charge in [0.25, 0.3) is 0 Å². The fourth-order valence-electron chi connectivity index (χ4n) is 3.02. The third-order valence-corrected chi connectivity index (χ3v) is 5.54. The molecule has 0 saturated heterocycles. The highest BCUT2D eigenvalue weighted by Gasteiger charge is 2.16. The van der Waals surface area contributed by atoms with Gasteiger partial charge in [0.15, 0.2) is 16.7 Å². The number of anilines is 1. The minimum Gasteiger partial charge on any atom is -0.497 e. The van der Waals surface area contributed by atoms with Gasteiger partial charge in [-0.05, 0) is 29.8 Å². The lowest BCUT2D eigenvalue weighted by atomic mass is 10.2. The first-order valence-corrected chi connectivity index (χ1v) is 10.3. The Morgan fingerprint density at radius 2 is 2.03 bits per heavy atom. The third-order valence-electron chi connectivity index (χ3n) is 4.55. The molecular formula is C21H21N3O5S. The van der Waals surface area contributed by atoms with Crippen LogP contribution in [0.5, 0.6) is 17.2 Å². The van der Waals surface area contributed by atoms with E-state index in [1.807, 2.05) is 28.8 Å². The molecule has 1 aliphatic heterocycles. The number of amides is 1. The van der Waals surface area contributed by atoms with Gasteiger partial charge in [-0.3, -0.25) is 4.79 Å². The van der Waals surface area contributed by atoms with Crippen molar-refractivity contribution >= 4 is 23.4 Å². The summed E-state index contributed by atoms with van der Waals surface area (Å²) in [6.07, 6.45) is 1.63. The lowest BCUT2D eigenvalue weighted by Crippen LogP contribution is -2.15. The van der Waals surface area contributed by atoms with Gasteiger partial charge in [-0.1, -0.05) is 23.9 Å². The summed E-state index contributed by atoms with van der Waals surface area (Å²) in [5, 5.41) is 13.2. The molecule has 3 aromatic rings. The maximum atomic E-state index is 12.4. The second kappa shape index (κ2) is 9.10. The van der Waals surface area contributed by atoms with E-state index in [9.17, 15) is 9.90 Å². The number of aromatic nitrogens is 2. The Labute approximate surface area is 177 Å². The topological polar surface area (TPSA) is 94.8 Å². The van der Waals surface area contributed by atoms with Crippen molar-refractivity contribution in [3.8, 4) is 17.2 Å². The number of nitrogens with zero attached hydrogens (tertiary/aromatic N) is 2. The van der Waals surface area contributed by atoms with Gasteiger partial charge in [0.2, 0.25) is 12.7 Å². The summed E-state index contributed by atoms with van der Waals surface area (Å²) in [6, 6.07) is 13.0. The molecule has 0 fully saturated rings. The zero-order chi connectivity index (χ0) is 20.9. The van der Waals surface area contributed by atoms with Crippen molar-refractivity contribution in [1.29, 1.82) is 0 Å². The molecule has 30 heavy (non-hydrogen) atoms. The van der Waals surface area contributed by atoms with Crippen molar-refractivity contribution in [2.24, 2.45) is 0 Å². The van der Waals surface area contributed by atoms with Crippen molar-refractivity contribution in [2.45, 2.75) is 18.3 Å². The Hall–Kier alpha value is -3.17. The molecule has 1 amide bonds. The molecule has 156 valence electrons. The largest absolute Gasteiger partial charge is 0.497 e. The number of nitrogens with one attached hydrogen (secondary N) is 1. The smallest absolute Gasteiger partial charge is 0.234 e. The second-order valence-electron chi connectivity index (χ2n) is 6.53. The van der Waals surface area contributed by atoms with Gasteiger partial charge in [0.1, 0.15) is 5.75 Å². The fraction of sp³-hybridized carbons (Fsp3) is 0.238. The number of ether oxygens (including phenoxy) is 3. The van der Waals surface area contributed by atoms with E-state index in [-0.39, 0.29) is 25.1 Å². The average Bonchev–Trinajstić information content (AvgIpc) is 3.39. The van der Waals surface area contributed by atoms with Crippen LogP contribution in [0.4, 0.5) is 5.69 Å². The van der Waals surface area contributed by atoms with Crippen LogP contribution in [-0.2, 0) is 17.9 Å². The van der Waals surface area contributed by atoms with Gasteiger partial charge in [-0.15, -0.1) is 0 Å². The van der Waals surface area contributed by atoms with Gasteiger partial charge >= 0.3 is 0 Å². The van der Waals surface area contributed by atoms with Crippen LogP contribution in [0.3, 0.4) is 0 Å². The Morgan fingerprint density at radius 1 is 1.23 bits per heavy atom. The number of carbonyl (C=O) groups excluding carboxylic acids is 1. The minimum absolute atomic E-state index is 0.132. The number of hydrogen-bond donors (Lipinski definition) is 2. The average molecular weight is 427 g/mol. The molecule has 2 heterocycles. The molecule has 1 aromatic heterocycles. The molecule has 2 aromatic carbocycles. The zero-order valence-corrected chi connectivity index (χ0v) is 17.1. The van der Waals surface area contributed by atoms with Gasteiger partial charge in [0, 0.05) is 18.3 Å². The normalized spacial score (nSPS) is 12.1. The number of imidazole rings is 1. The summed E-state index contributed by atoms with van der Waals surface area (Å²) < 4.78 is 17.7. The van der Waals surface area contributed by atoms with Crippen LogP contribution in [0.15, 0.2) is 53.8 Å². The van der Waals surface area contributed by atoms with E-state index in [4.69, 9.17) is 14.2 Å². The lowest BCUT2D eigenvalue weighted by molar-refractivity contribution is -0.113. The molecule has 0 atom stereocenters. The van der Waals surface area contributed by atoms with Crippen LogP contribution < -0.4 is 19.5 Å². The number of benzene rings is 2. The summed E-state index contributed by atoms with van der Waals surface area (Å²) >= 11 is 1.31. The quantitative estimate of drug-likeness (QED) is 0.534. The number of aliphatic hydroxyl groups excluding tert-OH is 1. The van der Waals surface area contributed by atoms with Crippen molar-refractivity contribution < 1.29 is 24.1 Å². The molecule has 0 bridgehead atoms. The van der Waals surface area contributed by atoms with Crippen LogP contribution >= 0.6 is 11.8 Å². The number of hydrogen-bond acceptors (Lipinski definition) is 7. The molecule has 9 heteroatoms. The number of carbonyl (C=O) groups is 1. The zero-order valence-electron chi connectivity index (χ0n) is 16.3. The SMILES string of the molecule is COc1ccc(Cn2c(CO)cnc2SCC(=O)Nc2ccc3c(c2)OCO3)cc1. The molecule has 0 aliphatic carbocycles. The van der Waals surface area contributed by atoms with E-state index in [0.29, 0.717) is 34.6 Å². The first kappa shape index (κ1) is 20.1. The third kappa shape index (κ3) is 4.52. The van der Waals surface area contributed by atoms with Gasteiger partial charge in [-0.2, -0.15) is 0 Å². The summed E-state index contributed by atoms with van der Waals surface area (Å²) in [4.78, 5) is 16.8. The van der Waals surface area contributed by atoms with E-state index in [2.05, 4.69) is 10.3 Å². The molecule has 0 unspecified atom stereocenters. The van der Waals surface area contributed by atoms with Crippen LogP contribution in [0.1, 0.15) is 11.3 Å². The number of thioether (sulfide) groups is 1. The van der Waals surface area contributed by atoms with E-state index in [1.165, 1.54) is 11.8 Å². The lowest BCUT2D eigenvalue weighted by Gasteiger charge is -2.11. The van der Waals surface area contributed by atoms with Crippen LogP contribution in [0.2, 0.25) is 0 Å². The summed E-state index contributed by atoms with van der Waals surface area (Å²) in [5.41, 5.74) is 2.36. The second-order valence-corrected chi connectivity index (χ2v) is 7.47. The van der Waals surface area contributed by atoms with E-state index < -0.39 is 0 Å². The molecule has 0 radical (unpaired) electrons. The molecule has 8 nitrogen and oxygen atoms in total. The number of rotatable bonds is 8. The minimum atomic E-state index is -0.164. The van der Waals surface area contributed by atoms with Crippen molar-refractivity contribution in [3.05, 3.63) is 59.9 Å².